The molecule has 0 saturated heterocycles. The number of rotatable bonds is 6. The summed E-state index contributed by atoms with van der Waals surface area (Å²) in [4.78, 5) is 37.4. The van der Waals surface area contributed by atoms with Gasteiger partial charge in [0.2, 0.25) is 0 Å². The van der Waals surface area contributed by atoms with Crippen LogP contribution in [0.4, 0.5) is 28.4 Å². The lowest BCUT2D eigenvalue weighted by Gasteiger charge is -2.09. The Morgan fingerprint density at radius 2 is 0.629 bits per heavy atom. The fourth-order valence-corrected chi connectivity index (χ4v) is 3.22. The Morgan fingerprint density at radius 3 is 0.914 bits per heavy atom. The molecule has 0 aliphatic carbocycles. The van der Waals surface area contributed by atoms with E-state index in [1.807, 2.05) is 0 Å². The summed E-state index contributed by atoms with van der Waals surface area (Å²) in [6.45, 7) is 0. The molecule has 0 saturated carbocycles. The third kappa shape index (κ3) is 6.02. The summed E-state index contributed by atoms with van der Waals surface area (Å²) in [5.74, 6) is -0.912. The van der Waals surface area contributed by atoms with Gasteiger partial charge in [-0.05, 0) is 97.1 Å². The first-order valence-electron chi connectivity index (χ1n) is 10.7. The number of carbonyl (C=O) groups is 3. The van der Waals surface area contributed by atoms with E-state index in [0.717, 1.165) is 0 Å². The van der Waals surface area contributed by atoms with Crippen molar-refractivity contribution in [1.82, 2.24) is 0 Å². The van der Waals surface area contributed by atoms with Crippen molar-refractivity contribution < 1.29 is 14.4 Å². The summed E-state index contributed by atoms with van der Waals surface area (Å²) in [7, 11) is 0. The van der Waals surface area contributed by atoms with Gasteiger partial charge in [0.1, 0.15) is 0 Å². The van der Waals surface area contributed by atoms with Crippen molar-refractivity contribution in [2.45, 2.75) is 0 Å². The Balaban J connectivity index is 1.34. The molecule has 4 aromatic rings. The number of benzene rings is 4. The standard InChI is InChI=1S/C27H23N5O3/c28-20-7-13-23(14-8-20)31-26(34)18-3-1-17(2-4-18)25(33)30-22-11-5-19(6-12-22)27(35)32-24-15-9-21(29)10-16-24/h1-16H,28-29H2,(H,30,33)(H,31,34)(H,32,35). The van der Waals surface area contributed by atoms with Crippen molar-refractivity contribution in [3.63, 3.8) is 0 Å². The minimum Gasteiger partial charge on any atom is -0.399 e. The Labute approximate surface area is 202 Å². The third-order valence-corrected chi connectivity index (χ3v) is 5.15. The first-order valence-corrected chi connectivity index (χ1v) is 10.7. The van der Waals surface area contributed by atoms with Gasteiger partial charge in [0.25, 0.3) is 17.7 Å². The van der Waals surface area contributed by atoms with Crippen molar-refractivity contribution in [2.75, 3.05) is 27.4 Å². The maximum atomic E-state index is 12.6. The smallest absolute Gasteiger partial charge is 0.255 e. The highest BCUT2D eigenvalue weighted by Crippen LogP contribution is 2.16. The van der Waals surface area contributed by atoms with Crippen LogP contribution < -0.4 is 27.4 Å². The van der Waals surface area contributed by atoms with Gasteiger partial charge in [0.15, 0.2) is 0 Å². The summed E-state index contributed by atoms with van der Waals surface area (Å²) >= 11 is 0. The Bertz CT molecular complexity index is 1350. The average Bonchev–Trinajstić information content (AvgIpc) is 2.87. The molecular formula is C27H23N5O3. The van der Waals surface area contributed by atoms with E-state index in [4.69, 9.17) is 11.5 Å². The molecule has 0 aromatic heterocycles. The zero-order chi connectivity index (χ0) is 24.8. The van der Waals surface area contributed by atoms with Crippen LogP contribution in [0, 0.1) is 0 Å². The number of hydrogen-bond donors (Lipinski definition) is 5. The zero-order valence-corrected chi connectivity index (χ0v) is 18.6. The number of nitrogen functional groups attached to an aromatic ring is 2. The number of amides is 3. The lowest BCUT2D eigenvalue weighted by Crippen LogP contribution is -2.15. The van der Waals surface area contributed by atoms with Gasteiger partial charge >= 0.3 is 0 Å². The number of anilines is 5. The minimum atomic E-state index is -0.338. The molecular weight excluding hydrogens is 442 g/mol. The largest absolute Gasteiger partial charge is 0.399 e. The number of nitrogens with one attached hydrogen (secondary N) is 3. The molecule has 0 spiro atoms. The zero-order valence-electron chi connectivity index (χ0n) is 18.6. The van der Waals surface area contributed by atoms with Crippen LogP contribution in [0.2, 0.25) is 0 Å². The molecule has 35 heavy (non-hydrogen) atoms. The normalized spacial score (nSPS) is 10.3. The van der Waals surface area contributed by atoms with E-state index < -0.39 is 0 Å². The van der Waals surface area contributed by atoms with E-state index >= 15 is 0 Å². The molecule has 0 radical (unpaired) electrons. The first-order chi connectivity index (χ1) is 16.9. The third-order valence-electron chi connectivity index (χ3n) is 5.15. The van der Waals surface area contributed by atoms with Crippen molar-refractivity contribution in [2.24, 2.45) is 0 Å². The lowest BCUT2D eigenvalue weighted by atomic mass is 10.1. The van der Waals surface area contributed by atoms with Crippen molar-refractivity contribution in [3.8, 4) is 0 Å². The van der Waals surface area contributed by atoms with Gasteiger partial charge in [0.05, 0.1) is 0 Å². The molecule has 4 aromatic carbocycles. The van der Waals surface area contributed by atoms with Crippen LogP contribution in [0.3, 0.4) is 0 Å². The van der Waals surface area contributed by atoms with Crippen LogP contribution >= 0.6 is 0 Å². The van der Waals surface area contributed by atoms with E-state index in [-0.39, 0.29) is 17.7 Å². The van der Waals surface area contributed by atoms with E-state index in [1.54, 1.807) is 97.1 Å². The second-order valence-electron chi connectivity index (χ2n) is 7.76. The monoisotopic (exact) mass is 465 g/mol. The molecule has 0 fully saturated rings. The van der Waals surface area contributed by atoms with Crippen LogP contribution in [0.15, 0.2) is 97.1 Å². The van der Waals surface area contributed by atoms with Crippen LogP contribution in [-0.2, 0) is 0 Å². The molecule has 0 heterocycles. The van der Waals surface area contributed by atoms with Crippen molar-refractivity contribution >= 4 is 46.2 Å². The molecule has 0 aliphatic heterocycles. The average molecular weight is 466 g/mol. The summed E-state index contributed by atoms with van der Waals surface area (Å²) in [5, 5.41) is 8.33. The first kappa shape index (κ1) is 23.1. The van der Waals surface area contributed by atoms with Gasteiger partial charge in [-0.1, -0.05) is 0 Å². The van der Waals surface area contributed by atoms with Crippen LogP contribution in [0.25, 0.3) is 0 Å². The van der Waals surface area contributed by atoms with Crippen LogP contribution in [0.5, 0.6) is 0 Å². The maximum absolute atomic E-state index is 12.6. The van der Waals surface area contributed by atoms with Crippen LogP contribution in [0.1, 0.15) is 31.1 Å². The van der Waals surface area contributed by atoms with E-state index in [2.05, 4.69) is 16.0 Å². The topological polar surface area (TPSA) is 139 Å². The maximum Gasteiger partial charge on any atom is 0.255 e. The Hall–Kier alpha value is -5.11. The van der Waals surface area contributed by atoms with Gasteiger partial charge in [-0.3, -0.25) is 14.4 Å². The summed E-state index contributed by atoms with van der Waals surface area (Å²) in [6, 6.07) is 26.5. The molecule has 8 nitrogen and oxygen atoms in total. The van der Waals surface area contributed by atoms with E-state index in [0.29, 0.717) is 45.1 Å². The summed E-state index contributed by atoms with van der Waals surface area (Å²) in [6.07, 6.45) is 0. The van der Waals surface area contributed by atoms with Crippen molar-refractivity contribution in [3.05, 3.63) is 114 Å². The predicted molar refractivity (Wildman–Crippen MR) is 138 cm³/mol. The fraction of sp³-hybridized carbons (Fsp3) is 0. The van der Waals surface area contributed by atoms with Crippen LogP contribution in [-0.4, -0.2) is 17.7 Å². The van der Waals surface area contributed by atoms with Gasteiger partial charge in [-0.15, -0.1) is 0 Å². The lowest BCUT2D eigenvalue weighted by molar-refractivity contribution is 0.101. The Morgan fingerprint density at radius 1 is 0.400 bits per heavy atom. The highest BCUT2D eigenvalue weighted by molar-refractivity contribution is 6.08. The van der Waals surface area contributed by atoms with E-state index in [9.17, 15) is 14.4 Å². The predicted octanol–water partition coefficient (Wildman–Crippen LogP) is 4.61. The molecule has 4 rings (SSSR count). The van der Waals surface area contributed by atoms with Gasteiger partial charge < -0.3 is 27.4 Å². The summed E-state index contributed by atoms with van der Waals surface area (Å²) in [5.41, 5.74) is 15.5. The molecule has 0 atom stereocenters. The second-order valence-corrected chi connectivity index (χ2v) is 7.76. The number of carbonyl (C=O) groups excluding carboxylic acids is 3. The van der Waals surface area contributed by atoms with E-state index in [1.165, 1.54) is 0 Å². The van der Waals surface area contributed by atoms with Gasteiger partial charge in [-0.25, -0.2) is 0 Å². The molecule has 174 valence electrons. The highest BCUT2D eigenvalue weighted by Gasteiger charge is 2.11. The molecule has 0 unspecified atom stereocenters. The van der Waals surface area contributed by atoms with Gasteiger partial charge in [-0.2, -0.15) is 0 Å². The van der Waals surface area contributed by atoms with Gasteiger partial charge in [0, 0.05) is 45.1 Å². The quantitative estimate of drug-likeness (QED) is 0.265. The minimum absolute atomic E-state index is 0.277. The second kappa shape index (κ2) is 10.2. The molecule has 0 bridgehead atoms. The molecule has 8 heteroatoms. The summed E-state index contributed by atoms with van der Waals surface area (Å²) < 4.78 is 0. The fourth-order valence-electron chi connectivity index (χ4n) is 3.22. The number of hydrogen-bond acceptors (Lipinski definition) is 5. The Kier molecular flexibility index (Phi) is 6.73. The number of nitrogens with two attached hydrogens (primary N) is 2. The molecule has 3 amide bonds. The van der Waals surface area contributed by atoms with Crippen molar-refractivity contribution in [1.29, 1.82) is 0 Å². The molecule has 0 aliphatic rings. The molecule has 7 N–H and O–H groups in total. The SMILES string of the molecule is Nc1ccc(NC(=O)c2ccc(NC(=O)c3ccc(C(=O)Nc4ccc(N)cc4)cc3)cc2)cc1. The highest BCUT2D eigenvalue weighted by atomic mass is 16.2.